The van der Waals surface area contributed by atoms with Crippen molar-refractivity contribution in [3.8, 4) is 10.6 Å². The maximum atomic E-state index is 13.4. The van der Waals surface area contributed by atoms with Crippen LogP contribution in [0.5, 0.6) is 0 Å². The number of nitrogens with zero attached hydrogens (tertiary/aromatic N) is 1. The average molecular weight is 433 g/mol. The Hall–Kier alpha value is -3.20. The van der Waals surface area contributed by atoms with Gasteiger partial charge in [-0.1, -0.05) is 23.8 Å². The van der Waals surface area contributed by atoms with Crippen molar-refractivity contribution in [2.75, 3.05) is 10.6 Å². The highest BCUT2D eigenvalue weighted by Gasteiger charge is 2.34. The van der Waals surface area contributed by atoms with Gasteiger partial charge >= 0.3 is 6.18 Å². The van der Waals surface area contributed by atoms with E-state index < -0.39 is 23.6 Å². The molecule has 0 bridgehead atoms. The van der Waals surface area contributed by atoms with Crippen molar-refractivity contribution in [1.29, 1.82) is 0 Å². The fraction of sp³-hybridized carbons (Fsp3) is 0.190. The number of carbonyl (C=O) groups excluding carboxylic acids is 2. The second kappa shape index (κ2) is 8.66. The lowest BCUT2D eigenvalue weighted by molar-refractivity contribution is -0.137. The molecule has 2 N–H and O–H groups in total. The van der Waals surface area contributed by atoms with Gasteiger partial charge in [0, 0.05) is 23.6 Å². The van der Waals surface area contributed by atoms with Crippen molar-refractivity contribution in [2.45, 2.75) is 26.4 Å². The summed E-state index contributed by atoms with van der Waals surface area (Å²) in [6, 6.07) is 10.9. The summed E-state index contributed by atoms with van der Waals surface area (Å²) < 4.78 is 40.2. The summed E-state index contributed by atoms with van der Waals surface area (Å²) in [4.78, 5) is 27.8. The Morgan fingerprint density at radius 1 is 1.10 bits per heavy atom. The molecule has 0 radical (unpaired) electrons. The molecule has 0 fully saturated rings. The number of aryl methyl sites for hydroxylation is 1. The molecule has 156 valence electrons. The van der Waals surface area contributed by atoms with Crippen molar-refractivity contribution >= 4 is 34.5 Å². The molecule has 3 rings (SSSR count). The lowest BCUT2D eigenvalue weighted by Gasteiger charge is -2.15. The minimum atomic E-state index is -4.70. The van der Waals surface area contributed by atoms with Gasteiger partial charge in [-0.2, -0.15) is 13.2 Å². The zero-order valence-electron chi connectivity index (χ0n) is 16.1. The molecule has 0 spiro atoms. The minimum absolute atomic E-state index is 0.00452. The molecule has 0 aliphatic carbocycles. The summed E-state index contributed by atoms with van der Waals surface area (Å²) in [6.07, 6.45) is -4.86. The van der Waals surface area contributed by atoms with Gasteiger partial charge < -0.3 is 10.6 Å². The molecule has 0 saturated heterocycles. The molecule has 30 heavy (non-hydrogen) atoms. The topological polar surface area (TPSA) is 71.1 Å². The van der Waals surface area contributed by atoms with Crippen molar-refractivity contribution in [3.63, 3.8) is 0 Å². The third-order valence-electron chi connectivity index (χ3n) is 4.08. The van der Waals surface area contributed by atoms with Gasteiger partial charge in [-0.05, 0) is 31.2 Å². The largest absolute Gasteiger partial charge is 0.418 e. The number of aromatic nitrogens is 1. The Morgan fingerprint density at radius 2 is 1.87 bits per heavy atom. The number of nitrogens with one attached hydrogen (secondary N) is 2. The molecule has 1 heterocycles. The van der Waals surface area contributed by atoms with Gasteiger partial charge in [-0.25, -0.2) is 4.98 Å². The van der Waals surface area contributed by atoms with Crippen molar-refractivity contribution < 1.29 is 22.8 Å². The third kappa shape index (κ3) is 5.44. The van der Waals surface area contributed by atoms with Gasteiger partial charge in [0.1, 0.15) is 5.01 Å². The molecule has 0 saturated carbocycles. The number of hydrogen-bond donors (Lipinski definition) is 2. The standard InChI is InChI=1S/C21H18F3N3O2S/c1-12-4-3-5-14(8-12)20-26-16(11-30-20)10-19(29)27-18-7-6-15(25-13(2)28)9-17(18)21(22,23)24/h3-9,11H,10H2,1-2H3,(H,25,28)(H,27,29). The molecule has 2 amide bonds. The number of anilines is 2. The van der Waals surface area contributed by atoms with E-state index in [0.717, 1.165) is 28.3 Å². The summed E-state index contributed by atoms with van der Waals surface area (Å²) in [6.45, 7) is 3.16. The maximum absolute atomic E-state index is 13.4. The quantitative estimate of drug-likeness (QED) is 0.575. The molecule has 2 aromatic carbocycles. The predicted octanol–water partition coefficient (Wildman–Crippen LogP) is 5.28. The predicted molar refractivity (Wildman–Crippen MR) is 110 cm³/mol. The molecular weight excluding hydrogens is 415 g/mol. The number of benzene rings is 2. The first kappa shape index (κ1) is 21.5. The second-order valence-corrected chi connectivity index (χ2v) is 7.54. The highest BCUT2D eigenvalue weighted by Crippen LogP contribution is 2.36. The fourth-order valence-electron chi connectivity index (χ4n) is 2.83. The van der Waals surface area contributed by atoms with Crippen LogP contribution in [-0.2, 0) is 22.2 Å². The summed E-state index contributed by atoms with van der Waals surface area (Å²) in [5, 5.41) is 7.04. The average Bonchev–Trinajstić information content (AvgIpc) is 3.10. The van der Waals surface area contributed by atoms with E-state index >= 15 is 0 Å². The van der Waals surface area contributed by atoms with Crippen LogP contribution < -0.4 is 10.6 Å². The first-order chi connectivity index (χ1) is 14.1. The van der Waals surface area contributed by atoms with Crippen molar-refractivity contribution in [2.24, 2.45) is 0 Å². The van der Waals surface area contributed by atoms with Crippen molar-refractivity contribution in [1.82, 2.24) is 4.98 Å². The van der Waals surface area contributed by atoms with E-state index in [9.17, 15) is 22.8 Å². The summed E-state index contributed by atoms with van der Waals surface area (Å²) >= 11 is 1.36. The second-order valence-electron chi connectivity index (χ2n) is 6.68. The molecule has 9 heteroatoms. The summed E-state index contributed by atoms with van der Waals surface area (Å²) in [5.74, 6) is -1.11. The van der Waals surface area contributed by atoms with Gasteiger partial charge in [0.2, 0.25) is 11.8 Å². The maximum Gasteiger partial charge on any atom is 0.418 e. The van der Waals surface area contributed by atoms with E-state index in [1.54, 1.807) is 5.38 Å². The SMILES string of the molecule is CC(=O)Nc1ccc(NC(=O)Cc2csc(-c3cccc(C)c3)n2)c(C(F)(F)F)c1. The van der Waals surface area contributed by atoms with Gasteiger partial charge in [-0.3, -0.25) is 9.59 Å². The Balaban J connectivity index is 1.75. The monoisotopic (exact) mass is 433 g/mol. The Bertz CT molecular complexity index is 1090. The number of hydrogen-bond acceptors (Lipinski definition) is 4. The first-order valence-corrected chi connectivity index (χ1v) is 9.80. The molecule has 0 atom stereocenters. The minimum Gasteiger partial charge on any atom is -0.326 e. The van der Waals surface area contributed by atoms with E-state index in [-0.39, 0.29) is 17.8 Å². The zero-order valence-corrected chi connectivity index (χ0v) is 16.9. The van der Waals surface area contributed by atoms with Gasteiger partial charge in [0.25, 0.3) is 0 Å². The fourth-order valence-corrected chi connectivity index (χ4v) is 3.64. The van der Waals surface area contributed by atoms with Gasteiger partial charge in [0.15, 0.2) is 0 Å². The number of alkyl halides is 3. The van der Waals surface area contributed by atoms with E-state index in [1.807, 2.05) is 31.2 Å². The lowest BCUT2D eigenvalue weighted by atomic mass is 10.1. The normalized spacial score (nSPS) is 11.2. The number of halogens is 3. The number of rotatable bonds is 5. The van der Waals surface area contributed by atoms with Gasteiger partial charge in [0.05, 0.1) is 23.4 Å². The number of carbonyl (C=O) groups is 2. The Kier molecular flexibility index (Phi) is 6.21. The highest BCUT2D eigenvalue weighted by atomic mass is 32.1. The lowest BCUT2D eigenvalue weighted by Crippen LogP contribution is -2.19. The number of thiazole rings is 1. The van der Waals surface area contributed by atoms with Crippen LogP contribution in [0.1, 0.15) is 23.7 Å². The highest BCUT2D eigenvalue weighted by molar-refractivity contribution is 7.13. The molecule has 0 aliphatic rings. The van der Waals surface area contributed by atoms with Crippen molar-refractivity contribution in [3.05, 3.63) is 64.7 Å². The van der Waals surface area contributed by atoms with Crippen LogP contribution in [0.15, 0.2) is 47.8 Å². The third-order valence-corrected chi connectivity index (χ3v) is 5.02. The summed E-state index contributed by atoms with van der Waals surface area (Å²) in [5.41, 5.74) is 1.04. The first-order valence-electron chi connectivity index (χ1n) is 8.92. The van der Waals surface area contributed by atoms with E-state index in [1.165, 1.54) is 24.3 Å². The Morgan fingerprint density at radius 3 is 2.53 bits per heavy atom. The van der Waals surface area contributed by atoms with Crippen LogP contribution in [0.2, 0.25) is 0 Å². The van der Waals surface area contributed by atoms with Crippen LogP contribution in [0, 0.1) is 6.92 Å². The smallest absolute Gasteiger partial charge is 0.326 e. The molecule has 0 aliphatic heterocycles. The zero-order chi connectivity index (χ0) is 21.9. The van der Waals surface area contributed by atoms with Crippen LogP contribution in [0.25, 0.3) is 10.6 Å². The Labute approximate surface area is 175 Å². The molecule has 5 nitrogen and oxygen atoms in total. The molecule has 3 aromatic rings. The number of amides is 2. The molecule has 1 aromatic heterocycles. The van der Waals surface area contributed by atoms with E-state index in [2.05, 4.69) is 15.6 Å². The van der Waals surface area contributed by atoms with Crippen LogP contribution in [-0.4, -0.2) is 16.8 Å². The summed E-state index contributed by atoms with van der Waals surface area (Å²) in [7, 11) is 0. The van der Waals surface area contributed by atoms with Crippen LogP contribution in [0.4, 0.5) is 24.5 Å². The molecular formula is C21H18F3N3O2S. The van der Waals surface area contributed by atoms with Gasteiger partial charge in [-0.15, -0.1) is 11.3 Å². The molecule has 0 unspecified atom stereocenters. The van der Waals surface area contributed by atoms with E-state index in [0.29, 0.717) is 5.69 Å². The van der Waals surface area contributed by atoms with Crippen LogP contribution >= 0.6 is 11.3 Å². The van der Waals surface area contributed by atoms with E-state index in [4.69, 9.17) is 0 Å². The van der Waals surface area contributed by atoms with Crippen LogP contribution in [0.3, 0.4) is 0 Å².